The molecule has 1 aliphatic rings. The molecule has 1 fully saturated rings. The SMILES string of the molecule is N#Cc1ccc(OCC(=O)NCc2ccc(S(=O)(=O)N3CCOCC3)cc2)c(Cl)c1. The summed E-state index contributed by atoms with van der Waals surface area (Å²) in [6, 6.07) is 12.9. The summed E-state index contributed by atoms with van der Waals surface area (Å²) in [7, 11) is -3.55. The number of sulfonamides is 1. The van der Waals surface area contributed by atoms with Crippen LogP contribution in [0.2, 0.25) is 5.02 Å². The lowest BCUT2D eigenvalue weighted by Gasteiger charge is -2.26. The van der Waals surface area contributed by atoms with E-state index in [-0.39, 0.29) is 29.0 Å². The van der Waals surface area contributed by atoms with E-state index >= 15 is 0 Å². The van der Waals surface area contributed by atoms with Gasteiger partial charge in [0.2, 0.25) is 10.0 Å². The summed E-state index contributed by atoms with van der Waals surface area (Å²) in [6.45, 7) is 1.43. The second kappa shape index (κ2) is 9.91. The van der Waals surface area contributed by atoms with Crippen LogP contribution in [0.3, 0.4) is 0 Å². The van der Waals surface area contributed by atoms with Gasteiger partial charge >= 0.3 is 0 Å². The van der Waals surface area contributed by atoms with E-state index in [2.05, 4.69) is 5.32 Å². The first-order valence-electron chi connectivity index (χ1n) is 9.16. The lowest BCUT2D eigenvalue weighted by Crippen LogP contribution is -2.40. The Bertz CT molecular complexity index is 1050. The van der Waals surface area contributed by atoms with Gasteiger partial charge in [0, 0.05) is 19.6 Å². The summed E-state index contributed by atoms with van der Waals surface area (Å²) in [5.41, 5.74) is 1.15. The summed E-state index contributed by atoms with van der Waals surface area (Å²) in [4.78, 5) is 12.2. The number of hydrogen-bond donors (Lipinski definition) is 1. The van der Waals surface area contributed by atoms with Crippen molar-refractivity contribution in [3.8, 4) is 11.8 Å². The van der Waals surface area contributed by atoms with E-state index < -0.39 is 10.0 Å². The van der Waals surface area contributed by atoms with Crippen molar-refractivity contribution in [2.45, 2.75) is 11.4 Å². The Kier molecular flexibility index (Phi) is 7.29. The Morgan fingerprint density at radius 2 is 1.90 bits per heavy atom. The first-order chi connectivity index (χ1) is 14.4. The van der Waals surface area contributed by atoms with E-state index in [0.29, 0.717) is 37.6 Å². The minimum absolute atomic E-state index is 0.207. The van der Waals surface area contributed by atoms with Gasteiger partial charge in [-0.2, -0.15) is 9.57 Å². The third kappa shape index (κ3) is 5.49. The molecule has 1 heterocycles. The van der Waals surface area contributed by atoms with Gasteiger partial charge < -0.3 is 14.8 Å². The normalized spacial score (nSPS) is 14.7. The van der Waals surface area contributed by atoms with Crippen LogP contribution in [-0.2, 0) is 26.1 Å². The van der Waals surface area contributed by atoms with Crippen LogP contribution in [0, 0.1) is 11.3 Å². The van der Waals surface area contributed by atoms with Crippen LogP contribution in [0.4, 0.5) is 0 Å². The number of morpholine rings is 1. The molecule has 158 valence electrons. The van der Waals surface area contributed by atoms with E-state index in [0.717, 1.165) is 5.56 Å². The molecule has 10 heteroatoms. The van der Waals surface area contributed by atoms with Crippen molar-refractivity contribution < 1.29 is 22.7 Å². The van der Waals surface area contributed by atoms with Gasteiger partial charge in [-0.3, -0.25) is 4.79 Å². The maximum atomic E-state index is 12.6. The van der Waals surface area contributed by atoms with Gasteiger partial charge in [-0.1, -0.05) is 23.7 Å². The fourth-order valence-corrected chi connectivity index (χ4v) is 4.44. The second-order valence-electron chi connectivity index (χ2n) is 6.48. The van der Waals surface area contributed by atoms with Gasteiger partial charge in [0.05, 0.1) is 34.8 Å². The summed E-state index contributed by atoms with van der Waals surface area (Å²) in [5, 5.41) is 11.8. The molecular weight excluding hydrogens is 430 g/mol. The lowest BCUT2D eigenvalue weighted by molar-refractivity contribution is -0.123. The molecule has 0 spiro atoms. The van der Waals surface area contributed by atoms with E-state index in [1.54, 1.807) is 18.2 Å². The average molecular weight is 450 g/mol. The second-order valence-corrected chi connectivity index (χ2v) is 8.83. The van der Waals surface area contributed by atoms with E-state index in [9.17, 15) is 13.2 Å². The standard InChI is InChI=1S/C20H20ClN3O5S/c21-18-11-16(12-22)3-6-19(18)29-14-20(25)23-13-15-1-4-17(5-2-15)30(26,27)24-7-9-28-10-8-24/h1-6,11H,7-10,13-14H2,(H,23,25). The molecule has 30 heavy (non-hydrogen) atoms. The molecule has 2 aromatic carbocycles. The molecule has 0 saturated carbocycles. The van der Waals surface area contributed by atoms with Crippen molar-refractivity contribution in [3.63, 3.8) is 0 Å². The first kappa shape index (κ1) is 22.1. The highest BCUT2D eigenvalue weighted by Gasteiger charge is 2.26. The molecule has 0 unspecified atom stereocenters. The van der Waals surface area contributed by atoms with Crippen LogP contribution in [0.15, 0.2) is 47.4 Å². The van der Waals surface area contributed by atoms with Gasteiger partial charge in [-0.15, -0.1) is 0 Å². The lowest BCUT2D eigenvalue weighted by atomic mass is 10.2. The summed E-state index contributed by atoms with van der Waals surface area (Å²) in [6.07, 6.45) is 0. The Morgan fingerprint density at radius 1 is 1.20 bits per heavy atom. The topological polar surface area (TPSA) is 109 Å². The predicted molar refractivity (Wildman–Crippen MR) is 110 cm³/mol. The van der Waals surface area contributed by atoms with Crippen LogP contribution in [0.5, 0.6) is 5.75 Å². The molecule has 1 aliphatic heterocycles. The van der Waals surface area contributed by atoms with Crippen LogP contribution in [-0.4, -0.2) is 51.5 Å². The number of nitrogens with one attached hydrogen (secondary N) is 1. The van der Waals surface area contributed by atoms with Crippen molar-refractivity contribution in [1.29, 1.82) is 5.26 Å². The van der Waals surface area contributed by atoms with E-state index in [4.69, 9.17) is 26.3 Å². The minimum atomic E-state index is -3.55. The highest BCUT2D eigenvalue weighted by molar-refractivity contribution is 7.89. The summed E-state index contributed by atoms with van der Waals surface area (Å²) >= 11 is 6.00. The fraction of sp³-hybridized carbons (Fsp3) is 0.300. The molecule has 1 saturated heterocycles. The molecule has 0 aromatic heterocycles. The Balaban J connectivity index is 1.51. The Labute approximate surface area is 180 Å². The van der Waals surface area contributed by atoms with Gasteiger partial charge in [0.15, 0.2) is 6.61 Å². The monoisotopic (exact) mass is 449 g/mol. The largest absolute Gasteiger partial charge is 0.482 e. The van der Waals surface area contributed by atoms with E-state index in [1.165, 1.54) is 28.6 Å². The van der Waals surface area contributed by atoms with Crippen molar-refractivity contribution in [1.82, 2.24) is 9.62 Å². The fourth-order valence-electron chi connectivity index (χ4n) is 2.80. The van der Waals surface area contributed by atoms with E-state index in [1.807, 2.05) is 6.07 Å². The van der Waals surface area contributed by atoms with Crippen molar-refractivity contribution in [3.05, 3.63) is 58.6 Å². The molecule has 1 N–H and O–H groups in total. The minimum Gasteiger partial charge on any atom is -0.482 e. The number of ether oxygens (including phenoxy) is 2. The molecule has 0 aliphatic carbocycles. The molecule has 0 bridgehead atoms. The maximum Gasteiger partial charge on any atom is 0.258 e. The van der Waals surface area contributed by atoms with Crippen molar-refractivity contribution in [2.24, 2.45) is 0 Å². The van der Waals surface area contributed by atoms with Crippen LogP contribution in [0.25, 0.3) is 0 Å². The number of carbonyl (C=O) groups is 1. The summed E-state index contributed by atoms with van der Waals surface area (Å²) < 4.78 is 37.2. The van der Waals surface area contributed by atoms with Crippen LogP contribution < -0.4 is 10.1 Å². The maximum absolute atomic E-state index is 12.6. The number of benzene rings is 2. The molecule has 3 rings (SSSR count). The molecule has 1 amide bonds. The van der Waals surface area contributed by atoms with Gasteiger partial charge in [0.25, 0.3) is 5.91 Å². The zero-order valence-electron chi connectivity index (χ0n) is 16.0. The molecule has 2 aromatic rings. The Hall–Kier alpha value is -2.64. The Morgan fingerprint density at radius 3 is 2.53 bits per heavy atom. The zero-order chi connectivity index (χ0) is 21.6. The smallest absolute Gasteiger partial charge is 0.258 e. The highest BCUT2D eigenvalue weighted by atomic mass is 35.5. The number of nitrogens with zero attached hydrogens (tertiary/aromatic N) is 2. The number of hydrogen-bond acceptors (Lipinski definition) is 6. The number of halogens is 1. The predicted octanol–water partition coefficient (Wildman–Crippen LogP) is 1.93. The number of carbonyl (C=O) groups excluding carboxylic acids is 1. The van der Waals surface area contributed by atoms with Crippen LogP contribution >= 0.6 is 11.6 Å². The molecule has 0 radical (unpaired) electrons. The van der Waals surface area contributed by atoms with Gasteiger partial charge in [-0.05, 0) is 35.9 Å². The number of amides is 1. The van der Waals surface area contributed by atoms with Gasteiger partial charge in [-0.25, -0.2) is 8.42 Å². The van der Waals surface area contributed by atoms with Crippen LogP contribution in [0.1, 0.15) is 11.1 Å². The quantitative estimate of drug-likeness (QED) is 0.691. The highest BCUT2D eigenvalue weighted by Crippen LogP contribution is 2.25. The first-order valence-corrected chi connectivity index (χ1v) is 11.0. The summed E-state index contributed by atoms with van der Waals surface area (Å²) in [5.74, 6) is -0.0519. The molecule has 0 atom stereocenters. The third-order valence-electron chi connectivity index (χ3n) is 4.44. The molecular formula is C20H20ClN3O5S. The number of nitriles is 1. The number of rotatable bonds is 7. The van der Waals surface area contributed by atoms with Crippen molar-refractivity contribution >= 4 is 27.5 Å². The zero-order valence-corrected chi connectivity index (χ0v) is 17.6. The van der Waals surface area contributed by atoms with Gasteiger partial charge in [0.1, 0.15) is 5.75 Å². The molecule has 8 nitrogen and oxygen atoms in total. The average Bonchev–Trinajstić information content (AvgIpc) is 2.77. The van der Waals surface area contributed by atoms with Crippen molar-refractivity contribution in [2.75, 3.05) is 32.9 Å². The third-order valence-corrected chi connectivity index (χ3v) is 6.65.